The van der Waals surface area contributed by atoms with Gasteiger partial charge >= 0.3 is 5.97 Å². The van der Waals surface area contributed by atoms with Crippen molar-refractivity contribution >= 4 is 17.6 Å². The number of carboxylic acids is 1. The predicted molar refractivity (Wildman–Crippen MR) is 54.8 cm³/mol. The Labute approximate surface area is 87.5 Å². The van der Waals surface area contributed by atoms with Crippen molar-refractivity contribution in [3.63, 3.8) is 0 Å². The zero-order chi connectivity index (χ0) is 10.1. The molecule has 0 saturated carbocycles. The van der Waals surface area contributed by atoms with Crippen LogP contribution in [-0.2, 0) is 11.2 Å². The van der Waals surface area contributed by atoms with Crippen LogP contribution in [0.4, 0.5) is 0 Å². The molecular formula is C11H11ClO2. The van der Waals surface area contributed by atoms with Crippen LogP contribution in [0, 0.1) is 0 Å². The summed E-state index contributed by atoms with van der Waals surface area (Å²) >= 11 is 6.02. The Morgan fingerprint density at radius 2 is 2.36 bits per heavy atom. The molecule has 3 heteroatoms. The predicted octanol–water partition coefficient (Wildman–Crippen LogP) is 2.84. The molecular weight excluding hydrogens is 200 g/mol. The Kier molecular flexibility index (Phi) is 2.46. The highest BCUT2D eigenvalue weighted by Crippen LogP contribution is 2.38. The van der Waals surface area contributed by atoms with E-state index in [1.165, 1.54) is 0 Å². The van der Waals surface area contributed by atoms with Crippen molar-refractivity contribution in [2.24, 2.45) is 0 Å². The molecule has 0 bridgehead atoms. The van der Waals surface area contributed by atoms with Crippen LogP contribution in [0.3, 0.4) is 0 Å². The van der Waals surface area contributed by atoms with Crippen LogP contribution in [-0.4, -0.2) is 11.1 Å². The molecule has 1 aromatic rings. The minimum Gasteiger partial charge on any atom is -0.481 e. The molecule has 1 aromatic carbocycles. The van der Waals surface area contributed by atoms with E-state index in [9.17, 15) is 4.79 Å². The van der Waals surface area contributed by atoms with Gasteiger partial charge in [0.05, 0.1) is 6.42 Å². The van der Waals surface area contributed by atoms with Crippen molar-refractivity contribution in [1.29, 1.82) is 0 Å². The molecule has 0 amide bonds. The second-order valence-electron chi connectivity index (χ2n) is 3.64. The van der Waals surface area contributed by atoms with Crippen LogP contribution in [0.1, 0.15) is 29.9 Å². The lowest BCUT2D eigenvalue weighted by molar-refractivity contribution is -0.137. The molecule has 0 heterocycles. The van der Waals surface area contributed by atoms with Gasteiger partial charge in [0, 0.05) is 5.02 Å². The lowest BCUT2D eigenvalue weighted by atomic mass is 9.98. The average molecular weight is 211 g/mol. The van der Waals surface area contributed by atoms with Crippen molar-refractivity contribution in [2.45, 2.75) is 25.2 Å². The second-order valence-corrected chi connectivity index (χ2v) is 4.05. The van der Waals surface area contributed by atoms with Gasteiger partial charge in [-0.2, -0.15) is 0 Å². The van der Waals surface area contributed by atoms with Crippen LogP contribution in [0.15, 0.2) is 18.2 Å². The van der Waals surface area contributed by atoms with Crippen molar-refractivity contribution < 1.29 is 9.90 Å². The maximum atomic E-state index is 10.6. The van der Waals surface area contributed by atoms with Crippen LogP contribution < -0.4 is 0 Å². The van der Waals surface area contributed by atoms with Crippen LogP contribution in [0.2, 0.25) is 5.02 Å². The fourth-order valence-electron chi connectivity index (χ4n) is 2.12. The van der Waals surface area contributed by atoms with Gasteiger partial charge in [0.15, 0.2) is 0 Å². The monoisotopic (exact) mass is 210 g/mol. The van der Waals surface area contributed by atoms with Gasteiger partial charge < -0.3 is 5.11 Å². The zero-order valence-corrected chi connectivity index (χ0v) is 8.42. The highest BCUT2D eigenvalue weighted by molar-refractivity contribution is 6.31. The molecule has 0 spiro atoms. The van der Waals surface area contributed by atoms with Gasteiger partial charge in [-0.1, -0.05) is 23.7 Å². The standard InChI is InChI=1S/C11H11ClO2/c12-10-3-1-2-8-7(6-11(13)14)4-5-9(8)10/h1-3,7H,4-6H2,(H,13,14). The summed E-state index contributed by atoms with van der Waals surface area (Å²) in [5.74, 6) is -0.580. The molecule has 1 aliphatic carbocycles. The third-order valence-corrected chi connectivity index (χ3v) is 3.11. The second kappa shape index (κ2) is 3.62. The van der Waals surface area contributed by atoms with Crippen molar-refractivity contribution in [3.05, 3.63) is 34.3 Å². The molecule has 1 aliphatic rings. The molecule has 0 aromatic heterocycles. The number of fused-ring (bicyclic) bond motifs is 1. The van der Waals surface area contributed by atoms with E-state index in [0.29, 0.717) is 0 Å². The number of rotatable bonds is 2. The van der Waals surface area contributed by atoms with Gasteiger partial charge in [0.2, 0.25) is 0 Å². The van der Waals surface area contributed by atoms with Gasteiger partial charge in [0.25, 0.3) is 0 Å². The Balaban J connectivity index is 2.30. The number of carbonyl (C=O) groups is 1. The summed E-state index contributed by atoms with van der Waals surface area (Å²) in [7, 11) is 0. The van der Waals surface area contributed by atoms with E-state index in [4.69, 9.17) is 16.7 Å². The van der Waals surface area contributed by atoms with E-state index in [1.807, 2.05) is 18.2 Å². The topological polar surface area (TPSA) is 37.3 Å². The van der Waals surface area contributed by atoms with Crippen molar-refractivity contribution in [3.8, 4) is 0 Å². The Hall–Kier alpha value is -1.02. The van der Waals surface area contributed by atoms with Crippen molar-refractivity contribution in [1.82, 2.24) is 0 Å². The summed E-state index contributed by atoms with van der Waals surface area (Å²) < 4.78 is 0. The number of hydrogen-bond donors (Lipinski definition) is 1. The van der Waals surface area contributed by atoms with Crippen LogP contribution in [0.5, 0.6) is 0 Å². The normalized spacial score (nSPS) is 19.4. The van der Waals surface area contributed by atoms with Crippen LogP contribution >= 0.6 is 11.6 Å². The molecule has 2 rings (SSSR count). The Morgan fingerprint density at radius 1 is 1.57 bits per heavy atom. The number of carboxylic acid groups (broad SMARTS) is 1. The molecule has 2 nitrogen and oxygen atoms in total. The van der Waals surface area contributed by atoms with E-state index in [-0.39, 0.29) is 12.3 Å². The molecule has 74 valence electrons. The van der Waals surface area contributed by atoms with Gasteiger partial charge in [-0.05, 0) is 36.0 Å². The van der Waals surface area contributed by atoms with Gasteiger partial charge in [-0.25, -0.2) is 0 Å². The molecule has 0 fully saturated rings. The summed E-state index contributed by atoms with van der Waals surface area (Å²) in [5.41, 5.74) is 2.26. The lowest BCUT2D eigenvalue weighted by Crippen LogP contribution is -2.02. The first kappa shape index (κ1) is 9.53. The summed E-state index contributed by atoms with van der Waals surface area (Å²) in [4.78, 5) is 10.6. The Bertz CT molecular complexity index is 374. The Morgan fingerprint density at radius 3 is 3.07 bits per heavy atom. The minimum atomic E-state index is -0.733. The highest BCUT2D eigenvalue weighted by atomic mass is 35.5. The lowest BCUT2D eigenvalue weighted by Gasteiger charge is -2.08. The summed E-state index contributed by atoms with van der Waals surface area (Å²) in [6.07, 6.45) is 2.03. The third-order valence-electron chi connectivity index (χ3n) is 2.76. The van der Waals surface area contributed by atoms with Gasteiger partial charge in [-0.15, -0.1) is 0 Å². The van der Waals surface area contributed by atoms with E-state index < -0.39 is 5.97 Å². The molecule has 14 heavy (non-hydrogen) atoms. The van der Waals surface area contributed by atoms with E-state index >= 15 is 0 Å². The fraction of sp³-hybridized carbons (Fsp3) is 0.364. The number of hydrogen-bond acceptors (Lipinski definition) is 1. The first-order valence-corrected chi connectivity index (χ1v) is 5.05. The summed E-state index contributed by atoms with van der Waals surface area (Å²) in [5, 5.41) is 9.51. The van der Waals surface area contributed by atoms with Crippen LogP contribution in [0.25, 0.3) is 0 Å². The maximum absolute atomic E-state index is 10.6. The number of halogens is 1. The zero-order valence-electron chi connectivity index (χ0n) is 7.66. The SMILES string of the molecule is O=C(O)CC1CCc2c(Cl)cccc21. The highest BCUT2D eigenvalue weighted by Gasteiger charge is 2.25. The molecule has 1 atom stereocenters. The fourth-order valence-corrected chi connectivity index (χ4v) is 2.39. The smallest absolute Gasteiger partial charge is 0.303 e. The first-order valence-electron chi connectivity index (χ1n) is 4.67. The summed E-state index contributed by atoms with van der Waals surface area (Å²) in [6, 6.07) is 5.74. The summed E-state index contributed by atoms with van der Waals surface area (Å²) in [6.45, 7) is 0. The van der Waals surface area contributed by atoms with E-state index in [0.717, 1.165) is 29.0 Å². The van der Waals surface area contributed by atoms with Crippen molar-refractivity contribution in [2.75, 3.05) is 0 Å². The number of aliphatic carboxylic acids is 1. The van der Waals surface area contributed by atoms with E-state index in [1.54, 1.807) is 0 Å². The molecule has 0 aliphatic heterocycles. The molecule has 0 radical (unpaired) electrons. The molecule has 1 unspecified atom stereocenters. The van der Waals surface area contributed by atoms with Gasteiger partial charge in [0.1, 0.15) is 0 Å². The average Bonchev–Trinajstić information content (AvgIpc) is 2.49. The minimum absolute atomic E-state index is 0.154. The molecule has 1 N–H and O–H groups in total. The van der Waals surface area contributed by atoms with Gasteiger partial charge in [-0.3, -0.25) is 4.79 Å². The molecule has 0 saturated heterocycles. The third kappa shape index (κ3) is 1.62. The largest absolute Gasteiger partial charge is 0.481 e. The van der Waals surface area contributed by atoms with E-state index in [2.05, 4.69) is 0 Å². The quantitative estimate of drug-likeness (QED) is 0.815. The maximum Gasteiger partial charge on any atom is 0.303 e. The number of benzene rings is 1. The first-order chi connectivity index (χ1) is 6.68.